The number of hydrogen-bond acceptors (Lipinski definition) is 6. The molecular weight excluding hydrogens is 550 g/mol. The molecule has 0 fully saturated rings. The van der Waals surface area contributed by atoms with E-state index in [0.717, 1.165) is 16.9 Å². The standard InChI is InChI=1S/C34H32ClN3O4/c1-5-41-33(39)29-22(3)38(27-19-17-25(35)18-20-27)23(4)30(34(40)42-6-2)31(29)28-21-37(26-15-11-8-12-16-26)36-32(28)24-13-9-7-10-14-24/h7-21,31H,5-6H2,1-4H3. The quantitative estimate of drug-likeness (QED) is 0.201. The Bertz CT molecular complexity index is 1620. The lowest BCUT2D eigenvalue weighted by molar-refractivity contribution is -0.139. The fourth-order valence-electron chi connectivity index (χ4n) is 5.42. The normalized spacial score (nSPS) is 13.9. The van der Waals surface area contributed by atoms with Gasteiger partial charge in [-0.05, 0) is 64.1 Å². The zero-order chi connectivity index (χ0) is 29.8. The van der Waals surface area contributed by atoms with E-state index in [9.17, 15) is 9.59 Å². The van der Waals surface area contributed by atoms with Crippen molar-refractivity contribution in [3.8, 4) is 16.9 Å². The molecule has 0 spiro atoms. The van der Waals surface area contributed by atoms with E-state index in [0.29, 0.717) is 38.8 Å². The number of esters is 2. The first-order chi connectivity index (χ1) is 20.3. The first kappa shape index (κ1) is 28.9. The Morgan fingerprint density at radius 1 is 0.762 bits per heavy atom. The lowest BCUT2D eigenvalue weighted by atomic mass is 9.79. The summed E-state index contributed by atoms with van der Waals surface area (Å²) >= 11 is 6.20. The van der Waals surface area contributed by atoms with Crippen LogP contribution in [-0.2, 0) is 19.1 Å². The first-order valence-electron chi connectivity index (χ1n) is 13.9. The average molecular weight is 582 g/mol. The lowest BCUT2D eigenvalue weighted by Crippen LogP contribution is -2.35. The number of anilines is 1. The van der Waals surface area contributed by atoms with Gasteiger partial charge in [-0.1, -0.05) is 60.1 Å². The van der Waals surface area contributed by atoms with Crippen LogP contribution in [0.15, 0.2) is 114 Å². The lowest BCUT2D eigenvalue weighted by Gasteiger charge is -2.37. The van der Waals surface area contributed by atoms with Crippen LogP contribution in [0.25, 0.3) is 16.9 Å². The van der Waals surface area contributed by atoms with E-state index < -0.39 is 17.9 Å². The molecule has 0 saturated heterocycles. The molecule has 1 aliphatic rings. The number of ether oxygens (including phenoxy) is 2. The number of aromatic nitrogens is 2. The summed E-state index contributed by atoms with van der Waals surface area (Å²) in [5, 5.41) is 5.56. The Kier molecular flexibility index (Phi) is 8.59. The highest BCUT2D eigenvalue weighted by Crippen LogP contribution is 2.47. The van der Waals surface area contributed by atoms with Gasteiger partial charge in [-0.25, -0.2) is 14.3 Å². The highest BCUT2D eigenvalue weighted by molar-refractivity contribution is 6.30. The summed E-state index contributed by atoms with van der Waals surface area (Å²) in [5.41, 5.74) is 5.73. The summed E-state index contributed by atoms with van der Waals surface area (Å²) in [6.07, 6.45) is 1.89. The van der Waals surface area contributed by atoms with E-state index in [1.54, 1.807) is 30.7 Å². The molecule has 1 aromatic heterocycles. The second kappa shape index (κ2) is 12.5. The van der Waals surface area contributed by atoms with Gasteiger partial charge in [0.15, 0.2) is 0 Å². The molecule has 4 aromatic rings. The van der Waals surface area contributed by atoms with Gasteiger partial charge >= 0.3 is 11.9 Å². The second-order valence-electron chi connectivity index (χ2n) is 9.76. The van der Waals surface area contributed by atoms with E-state index in [-0.39, 0.29) is 13.2 Å². The summed E-state index contributed by atoms with van der Waals surface area (Å²) in [6.45, 7) is 7.61. The molecule has 0 unspecified atom stereocenters. The minimum atomic E-state index is -0.806. The van der Waals surface area contributed by atoms with E-state index in [4.69, 9.17) is 26.2 Å². The highest BCUT2D eigenvalue weighted by Gasteiger charge is 2.43. The summed E-state index contributed by atoms with van der Waals surface area (Å²) in [7, 11) is 0. The third kappa shape index (κ3) is 5.48. The molecule has 8 heteroatoms. The molecular formula is C34H32ClN3O4. The van der Waals surface area contributed by atoms with Crippen LogP contribution in [0.1, 0.15) is 39.2 Å². The number of carbonyl (C=O) groups excluding carboxylic acids is 2. The van der Waals surface area contributed by atoms with Crippen LogP contribution in [0.5, 0.6) is 0 Å². The third-order valence-electron chi connectivity index (χ3n) is 7.22. The number of para-hydroxylation sites is 1. The van der Waals surface area contributed by atoms with Crippen LogP contribution < -0.4 is 4.90 Å². The molecule has 1 aliphatic heterocycles. The second-order valence-corrected chi connectivity index (χ2v) is 10.2. The Hall–Kier alpha value is -4.62. The van der Waals surface area contributed by atoms with Crippen LogP contribution in [0, 0.1) is 0 Å². The number of halogens is 1. The number of benzene rings is 3. The van der Waals surface area contributed by atoms with Gasteiger partial charge in [0.25, 0.3) is 0 Å². The van der Waals surface area contributed by atoms with Gasteiger partial charge in [0, 0.05) is 39.4 Å². The zero-order valence-electron chi connectivity index (χ0n) is 24.0. The molecule has 0 atom stereocenters. The summed E-state index contributed by atoms with van der Waals surface area (Å²) in [5.74, 6) is -1.83. The summed E-state index contributed by atoms with van der Waals surface area (Å²) < 4.78 is 13.0. The Morgan fingerprint density at radius 2 is 1.29 bits per heavy atom. The van der Waals surface area contributed by atoms with Crippen LogP contribution in [0.3, 0.4) is 0 Å². The van der Waals surface area contributed by atoms with E-state index in [1.807, 2.05) is 97.7 Å². The number of rotatable bonds is 8. The van der Waals surface area contributed by atoms with E-state index >= 15 is 0 Å². The monoisotopic (exact) mass is 581 g/mol. The molecule has 2 heterocycles. The SMILES string of the molecule is CCOC(=O)C1=C(C)N(c2ccc(Cl)cc2)C(C)=C(C(=O)OCC)C1c1cn(-c2ccccc2)nc1-c1ccccc1. The Morgan fingerprint density at radius 3 is 1.81 bits per heavy atom. The van der Waals surface area contributed by atoms with Crippen molar-refractivity contribution in [3.63, 3.8) is 0 Å². The van der Waals surface area contributed by atoms with Crippen LogP contribution in [0.4, 0.5) is 5.69 Å². The maximum absolute atomic E-state index is 13.9. The molecule has 214 valence electrons. The molecule has 0 radical (unpaired) electrons. The number of nitrogens with zero attached hydrogens (tertiary/aromatic N) is 3. The molecule has 0 aliphatic carbocycles. The van der Waals surface area contributed by atoms with Crippen molar-refractivity contribution in [2.75, 3.05) is 18.1 Å². The molecule has 0 N–H and O–H groups in total. The van der Waals surface area contributed by atoms with Gasteiger partial charge in [0.2, 0.25) is 0 Å². The van der Waals surface area contributed by atoms with Crippen molar-refractivity contribution in [2.24, 2.45) is 0 Å². The molecule has 0 bridgehead atoms. The number of hydrogen-bond donors (Lipinski definition) is 0. The zero-order valence-corrected chi connectivity index (χ0v) is 24.8. The van der Waals surface area contributed by atoms with Gasteiger partial charge in [0.05, 0.1) is 41.7 Å². The van der Waals surface area contributed by atoms with Crippen molar-refractivity contribution in [2.45, 2.75) is 33.6 Å². The number of allylic oxidation sites excluding steroid dienone is 2. The Balaban J connectivity index is 1.83. The first-order valence-corrected chi connectivity index (χ1v) is 14.2. The highest BCUT2D eigenvalue weighted by atomic mass is 35.5. The summed E-state index contributed by atoms with van der Waals surface area (Å²) in [6, 6.07) is 26.7. The predicted octanol–water partition coefficient (Wildman–Crippen LogP) is 7.47. The molecule has 0 saturated carbocycles. The van der Waals surface area contributed by atoms with E-state index in [2.05, 4.69) is 0 Å². The van der Waals surface area contributed by atoms with Crippen LogP contribution in [0.2, 0.25) is 5.02 Å². The van der Waals surface area contributed by atoms with Crippen molar-refractivity contribution < 1.29 is 19.1 Å². The fourth-order valence-corrected chi connectivity index (χ4v) is 5.55. The average Bonchev–Trinajstić information content (AvgIpc) is 3.44. The molecule has 0 amide bonds. The maximum Gasteiger partial charge on any atom is 0.336 e. The van der Waals surface area contributed by atoms with Crippen molar-refractivity contribution in [1.82, 2.24) is 9.78 Å². The fraction of sp³-hybridized carbons (Fsp3) is 0.206. The molecule has 7 nitrogen and oxygen atoms in total. The predicted molar refractivity (Wildman–Crippen MR) is 164 cm³/mol. The largest absolute Gasteiger partial charge is 0.463 e. The van der Waals surface area contributed by atoms with Gasteiger partial charge < -0.3 is 14.4 Å². The van der Waals surface area contributed by atoms with Crippen molar-refractivity contribution >= 4 is 29.2 Å². The van der Waals surface area contributed by atoms with Gasteiger partial charge in [-0.15, -0.1) is 0 Å². The number of carbonyl (C=O) groups is 2. The van der Waals surface area contributed by atoms with Crippen LogP contribution >= 0.6 is 11.6 Å². The molecule has 5 rings (SSSR count). The molecule has 3 aromatic carbocycles. The Labute approximate surface area is 250 Å². The van der Waals surface area contributed by atoms with Crippen LogP contribution in [-0.4, -0.2) is 34.9 Å². The topological polar surface area (TPSA) is 73.7 Å². The van der Waals surface area contributed by atoms with E-state index in [1.165, 1.54) is 0 Å². The van der Waals surface area contributed by atoms with Crippen molar-refractivity contribution in [3.05, 3.63) is 124 Å². The summed E-state index contributed by atoms with van der Waals surface area (Å²) in [4.78, 5) is 29.6. The smallest absolute Gasteiger partial charge is 0.336 e. The van der Waals surface area contributed by atoms with Crippen molar-refractivity contribution in [1.29, 1.82) is 0 Å². The molecule has 42 heavy (non-hydrogen) atoms. The third-order valence-corrected chi connectivity index (χ3v) is 7.48. The minimum absolute atomic E-state index is 0.176. The van der Waals surface area contributed by atoms with Gasteiger partial charge in [-0.2, -0.15) is 5.10 Å². The maximum atomic E-state index is 13.9. The van der Waals surface area contributed by atoms with Gasteiger partial charge in [0.1, 0.15) is 0 Å². The minimum Gasteiger partial charge on any atom is -0.463 e. The van der Waals surface area contributed by atoms with Gasteiger partial charge in [-0.3, -0.25) is 0 Å².